The normalized spacial score (nSPS) is 14.7. The summed E-state index contributed by atoms with van der Waals surface area (Å²) in [5.74, 6) is -0.286. The highest BCUT2D eigenvalue weighted by atomic mass is 32.2. The maximum absolute atomic E-state index is 14.6. The first kappa shape index (κ1) is 28.4. The van der Waals surface area contributed by atoms with E-state index < -0.39 is 5.25 Å². The average Bonchev–Trinajstić information content (AvgIpc) is 3.34. The smallest absolute Gasteiger partial charge is 0.240 e. The van der Waals surface area contributed by atoms with Crippen LogP contribution in [0.15, 0.2) is 97.3 Å². The van der Waals surface area contributed by atoms with Gasteiger partial charge in [0.05, 0.1) is 22.4 Å². The number of aryl methyl sites for hydroxylation is 1. The molecule has 3 heterocycles. The van der Waals surface area contributed by atoms with E-state index in [1.807, 2.05) is 80.6 Å². The Morgan fingerprint density at radius 3 is 2.60 bits per heavy atom. The molecule has 43 heavy (non-hydrogen) atoms. The van der Waals surface area contributed by atoms with E-state index in [1.54, 1.807) is 23.1 Å². The fraction of sp³-hybridized carbons (Fsp3) is 0.176. The number of hydrogen-bond donors (Lipinski definition) is 1. The Labute approximate surface area is 253 Å². The maximum Gasteiger partial charge on any atom is 0.240 e. The predicted octanol–water partition coefficient (Wildman–Crippen LogP) is 6.18. The molecule has 5 aromatic rings. The Balaban J connectivity index is 1.55. The van der Waals surface area contributed by atoms with E-state index in [1.165, 1.54) is 28.8 Å². The first-order valence-corrected chi connectivity index (χ1v) is 15.0. The Hall–Kier alpha value is -4.76. The minimum absolute atomic E-state index is 0.104. The number of anilines is 1. The van der Waals surface area contributed by atoms with Crippen LogP contribution in [0.1, 0.15) is 33.1 Å². The van der Waals surface area contributed by atoms with Crippen LogP contribution >= 0.6 is 11.8 Å². The highest BCUT2D eigenvalue weighted by molar-refractivity contribution is 8.00. The quantitative estimate of drug-likeness (QED) is 0.245. The molecule has 1 aliphatic rings. The van der Waals surface area contributed by atoms with E-state index in [2.05, 4.69) is 10.3 Å². The number of carbonyl (C=O) groups excluding carboxylic acids is 2. The molecule has 1 atom stereocenters. The Morgan fingerprint density at radius 2 is 1.84 bits per heavy atom. The molecule has 1 N–H and O–H groups in total. The molecule has 6 rings (SSSR count). The summed E-state index contributed by atoms with van der Waals surface area (Å²) < 4.78 is 16.4. The summed E-state index contributed by atoms with van der Waals surface area (Å²) in [6.45, 7) is 4.13. The van der Waals surface area contributed by atoms with Crippen LogP contribution in [0.25, 0.3) is 16.9 Å². The number of fused-ring (bicyclic) bond motifs is 1. The summed E-state index contributed by atoms with van der Waals surface area (Å²) in [6, 6.07) is 25.9. The zero-order valence-electron chi connectivity index (χ0n) is 23.8. The Bertz CT molecular complexity index is 1790. The van der Waals surface area contributed by atoms with Gasteiger partial charge in [-0.2, -0.15) is 5.10 Å². The van der Waals surface area contributed by atoms with Crippen molar-refractivity contribution in [3.8, 4) is 16.9 Å². The molecule has 3 aromatic carbocycles. The van der Waals surface area contributed by atoms with Gasteiger partial charge in [-0.3, -0.25) is 19.5 Å². The highest BCUT2D eigenvalue weighted by Crippen LogP contribution is 2.48. The topological polar surface area (TPSA) is 80.1 Å². The molecule has 0 radical (unpaired) electrons. The number of aromatic nitrogens is 3. The van der Waals surface area contributed by atoms with Crippen molar-refractivity contribution in [3.05, 3.63) is 131 Å². The minimum Gasteiger partial charge on any atom is -0.350 e. The number of nitrogens with zero attached hydrogens (tertiary/aromatic N) is 4. The summed E-state index contributed by atoms with van der Waals surface area (Å²) >= 11 is 1.41. The van der Waals surface area contributed by atoms with Gasteiger partial charge >= 0.3 is 0 Å². The van der Waals surface area contributed by atoms with E-state index in [0.29, 0.717) is 11.5 Å². The fourth-order valence-corrected chi connectivity index (χ4v) is 6.48. The van der Waals surface area contributed by atoms with Crippen LogP contribution in [0.3, 0.4) is 0 Å². The van der Waals surface area contributed by atoms with Gasteiger partial charge in [-0.05, 0) is 60.4 Å². The van der Waals surface area contributed by atoms with Crippen molar-refractivity contribution in [3.63, 3.8) is 0 Å². The van der Waals surface area contributed by atoms with E-state index in [4.69, 9.17) is 5.10 Å². The van der Waals surface area contributed by atoms with E-state index in [-0.39, 0.29) is 36.5 Å². The van der Waals surface area contributed by atoms with E-state index in [9.17, 15) is 14.0 Å². The lowest BCUT2D eigenvalue weighted by Crippen LogP contribution is -2.42. The third-order valence-electron chi connectivity index (χ3n) is 7.61. The highest BCUT2D eigenvalue weighted by Gasteiger charge is 2.38. The molecule has 0 spiro atoms. The third-order valence-corrected chi connectivity index (χ3v) is 8.86. The van der Waals surface area contributed by atoms with Crippen LogP contribution in [0.5, 0.6) is 0 Å². The number of nitrogens with one attached hydrogen (secondary N) is 1. The Kier molecular flexibility index (Phi) is 8.07. The SMILES string of the molecule is Cc1cccc(-n2nc(-c3ccccc3)c3c2N(CC(=O)NCc2cccnc2)C(=O)CS[C@H]3c2cccc(F)c2)c1C. The first-order valence-electron chi connectivity index (χ1n) is 14.0. The summed E-state index contributed by atoms with van der Waals surface area (Å²) in [4.78, 5) is 32.9. The summed E-state index contributed by atoms with van der Waals surface area (Å²) in [6.07, 6.45) is 3.37. The molecule has 0 bridgehead atoms. The van der Waals surface area contributed by atoms with Crippen LogP contribution in [0.2, 0.25) is 0 Å². The zero-order valence-corrected chi connectivity index (χ0v) is 24.6. The fourth-order valence-electron chi connectivity index (χ4n) is 5.30. The van der Waals surface area contributed by atoms with Gasteiger partial charge in [0.25, 0.3) is 0 Å². The second-order valence-electron chi connectivity index (χ2n) is 10.4. The van der Waals surface area contributed by atoms with Crippen molar-refractivity contribution >= 4 is 29.4 Å². The van der Waals surface area contributed by atoms with Crippen molar-refractivity contribution in [1.82, 2.24) is 20.1 Å². The Morgan fingerprint density at radius 1 is 1.02 bits per heavy atom. The van der Waals surface area contributed by atoms with Crippen LogP contribution in [-0.4, -0.2) is 38.9 Å². The number of amides is 2. The molecule has 7 nitrogen and oxygen atoms in total. The van der Waals surface area contributed by atoms with Gasteiger partial charge in [-0.1, -0.05) is 60.7 Å². The van der Waals surface area contributed by atoms with Gasteiger partial charge in [-0.15, -0.1) is 11.8 Å². The molecule has 1 aliphatic heterocycles. The number of hydrogen-bond acceptors (Lipinski definition) is 5. The molecule has 0 saturated carbocycles. The molecule has 9 heteroatoms. The number of halogens is 1. The van der Waals surface area contributed by atoms with Crippen molar-refractivity contribution < 1.29 is 14.0 Å². The molecule has 0 fully saturated rings. The second kappa shape index (κ2) is 12.2. The molecular formula is C34H30FN5O2S. The van der Waals surface area contributed by atoms with Crippen molar-refractivity contribution in [2.45, 2.75) is 25.6 Å². The van der Waals surface area contributed by atoms with Gasteiger partial charge in [0.1, 0.15) is 18.2 Å². The number of thioether (sulfide) groups is 1. The number of carbonyl (C=O) groups is 2. The predicted molar refractivity (Wildman–Crippen MR) is 168 cm³/mol. The van der Waals surface area contributed by atoms with Crippen molar-refractivity contribution in [2.75, 3.05) is 17.2 Å². The summed E-state index contributed by atoms with van der Waals surface area (Å²) in [5, 5.41) is 7.65. The zero-order chi connectivity index (χ0) is 29.9. The maximum atomic E-state index is 14.6. The van der Waals surface area contributed by atoms with Crippen LogP contribution in [0, 0.1) is 19.7 Å². The van der Waals surface area contributed by atoms with Gasteiger partial charge in [0.15, 0.2) is 0 Å². The molecule has 0 aliphatic carbocycles. The molecule has 2 aromatic heterocycles. The molecule has 0 unspecified atom stereocenters. The minimum atomic E-state index is -0.410. The van der Waals surface area contributed by atoms with Gasteiger partial charge < -0.3 is 5.32 Å². The average molecular weight is 592 g/mol. The monoisotopic (exact) mass is 591 g/mol. The standard InChI is InChI=1S/C34H30FN5O2S/c1-22-9-6-15-28(23(22)2)40-34-31(32(38-40)25-11-4-3-5-12-25)33(26-13-7-14-27(35)17-26)43-21-30(42)39(34)20-29(41)37-19-24-10-8-16-36-18-24/h3-18,33H,19-21H2,1-2H3,(H,37,41)/t33-/m0/s1. The van der Waals surface area contributed by atoms with Crippen molar-refractivity contribution in [1.29, 1.82) is 0 Å². The lowest BCUT2D eigenvalue weighted by molar-refractivity contribution is -0.123. The number of pyridine rings is 1. The van der Waals surface area contributed by atoms with Crippen LogP contribution < -0.4 is 10.2 Å². The second-order valence-corrected chi connectivity index (χ2v) is 11.5. The molecule has 2 amide bonds. The molecule has 216 valence electrons. The first-order chi connectivity index (χ1) is 20.9. The number of rotatable bonds is 7. The molecular weight excluding hydrogens is 561 g/mol. The summed E-state index contributed by atoms with van der Waals surface area (Å²) in [5.41, 5.74) is 6.74. The van der Waals surface area contributed by atoms with Crippen LogP contribution in [0.4, 0.5) is 10.2 Å². The molecule has 0 saturated heterocycles. The van der Waals surface area contributed by atoms with Gasteiger partial charge in [-0.25, -0.2) is 9.07 Å². The lowest BCUT2D eigenvalue weighted by Gasteiger charge is -2.24. The van der Waals surface area contributed by atoms with Gasteiger partial charge in [0.2, 0.25) is 11.8 Å². The number of benzene rings is 3. The van der Waals surface area contributed by atoms with Gasteiger partial charge in [0, 0.05) is 30.1 Å². The van der Waals surface area contributed by atoms with E-state index >= 15 is 0 Å². The third kappa shape index (κ3) is 5.81. The lowest BCUT2D eigenvalue weighted by atomic mass is 9.99. The largest absolute Gasteiger partial charge is 0.350 e. The van der Waals surface area contributed by atoms with Crippen molar-refractivity contribution in [2.24, 2.45) is 0 Å². The van der Waals surface area contributed by atoms with Crippen LogP contribution in [-0.2, 0) is 16.1 Å². The van der Waals surface area contributed by atoms with E-state index in [0.717, 1.165) is 39.1 Å². The summed E-state index contributed by atoms with van der Waals surface area (Å²) in [7, 11) is 0.